The number of ether oxygens (including phenoxy) is 2. The molecule has 1 amide bonds. The van der Waals surface area contributed by atoms with Crippen LogP contribution in [-0.2, 0) is 16.1 Å². The maximum Gasteiger partial charge on any atom is 0.295 e. The number of hydrogen-bond acceptors (Lipinski definition) is 7. The largest absolute Gasteiger partial charge is 0.506 e. The Bertz CT molecular complexity index is 1280. The van der Waals surface area contributed by atoms with E-state index < -0.39 is 17.7 Å². The average molecular weight is 502 g/mol. The molecule has 0 saturated carbocycles. The van der Waals surface area contributed by atoms with E-state index in [1.165, 1.54) is 19.1 Å². The van der Waals surface area contributed by atoms with Crippen molar-refractivity contribution in [3.8, 4) is 11.5 Å². The number of aliphatic hydroxyl groups is 1. The number of carbonyl (C=O) groups excluding carboxylic acids is 2. The van der Waals surface area contributed by atoms with E-state index in [9.17, 15) is 14.7 Å². The molecule has 8 nitrogen and oxygen atoms in total. The monoisotopic (exact) mass is 501 g/mol. The standard InChI is InChI=1S/C29H31N3O5/c1-5-31(6-2)21-14-12-20(13-15-21)26-25(27(33)24-22(36-3)10-7-11-23(24)37-4)28(34)29(35)32(26)18-19-9-8-16-30-17-19/h7-17,26,33H,5-6,18H2,1-4H3/b27-25+. The molecule has 37 heavy (non-hydrogen) atoms. The Kier molecular flexibility index (Phi) is 7.77. The van der Waals surface area contributed by atoms with E-state index in [-0.39, 0.29) is 23.4 Å². The molecule has 1 aromatic heterocycles. The van der Waals surface area contributed by atoms with Crippen molar-refractivity contribution in [2.24, 2.45) is 0 Å². The van der Waals surface area contributed by atoms with Crippen LogP contribution in [0.5, 0.6) is 11.5 Å². The predicted octanol–water partition coefficient (Wildman–Crippen LogP) is 4.57. The van der Waals surface area contributed by atoms with Crippen molar-refractivity contribution in [2.45, 2.75) is 26.4 Å². The summed E-state index contributed by atoms with van der Waals surface area (Å²) in [4.78, 5) is 34.6. The SMILES string of the molecule is CCN(CC)c1ccc(C2/C(=C(\O)c3c(OC)cccc3OC)C(=O)C(=O)N2Cc2cccnc2)cc1. The van der Waals surface area contributed by atoms with E-state index >= 15 is 0 Å². The highest BCUT2D eigenvalue weighted by atomic mass is 16.5. The molecule has 0 spiro atoms. The van der Waals surface area contributed by atoms with Gasteiger partial charge in [0, 0.05) is 37.7 Å². The fraction of sp³-hybridized carbons (Fsp3) is 0.276. The van der Waals surface area contributed by atoms with E-state index in [1.807, 2.05) is 30.3 Å². The molecule has 1 N–H and O–H groups in total. The zero-order valence-corrected chi connectivity index (χ0v) is 21.5. The van der Waals surface area contributed by atoms with Gasteiger partial charge in [0.25, 0.3) is 11.7 Å². The third-order valence-electron chi connectivity index (χ3n) is 6.62. The summed E-state index contributed by atoms with van der Waals surface area (Å²) in [6.07, 6.45) is 3.30. The van der Waals surface area contributed by atoms with Crippen LogP contribution in [0, 0.1) is 0 Å². The fourth-order valence-electron chi connectivity index (χ4n) is 4.75. The van der Waals surface area contributed by atoms with Gasteiger partial charge in [0.05, 0.1) is 25.8 Å². The van der Waals surface area contributed by atoms with Crippen molar-refractivity contribution in [3.63, 3.8) is 0 Å². The quantitative estimate of drug-likeness (QED) is 0.261. The Hall–Kier alpha value is -4.33. The Morgan fingerprint density at radius 1 is 0.973 bits per heavy atom. The summed E-state index contributed by atoms with van der Waals surface area (Å²) in [7, 11) is 2.94. The molecule has 1 aliphatic heterocycles. The van der Waals surface area contributed by atoms with Gasteiger partial charge in [-0.05, 0) is 55.3 Å². The number of rotatable bonds is 9. The molecule has 0 bridgehead atoms. The number of Topliss-reactive ketones (excluding diaryl/α,β-unsaturated/α-hetero) is 1. The first-order valence-corrected chi connectivity index (χ1v) is 12.2. The number of methoxy groups -OCH3 is 2. The fourth-order valence-corrected chi connectivity index (χ4v) is 4.75. The molecule has 1 unspecified atom stereocenters. The molecule has 1 aliphatic rings. The highest BCUT2D eigenvalue weighted by Gasteiger charge is 2.46. The molecule has 0 aliphatic carbocycles. The highest BCUT2D eigenvalue weighted by Crippen LogP contribution is 2.44. The van der Waals surface area contributed by atoms with E-state index in [4.69, 9.17) is 9.47 Å². The minimum Gasteiger partial charge on any atom is -0.506 e. The van der Waals surface area contributed by atoms with E-state index in [1.54, 1.807) is 36.7 Å². The van der Waals surface area contributed by atoms with Gasteiger partial charge in [0.15, 0.2) is 0 Å². The molecule has 1 saturated heterocycles. The first-order chi connectivity index (χ1) is 17.9. The van der Waals surface area contributed by atoms with Gasteiger partial charge in [0.1, 0.15) is 22.8 Å². The molecule has 2 heterocycles. The molecule has 1 fully saturated rings. The lowest BCUT2D eigenvalue weighted by atomic mass is 9.94. The Morgan fingerprint density at radius 3 is 2.16 bits per heavy atom. The van der Waals surface area contributed by atoms with Crippen LogP contribution in [0.15, 0.2) is 72.6 Å². The van der Waals surface area contributed by atoms with Crippen molar-refractivity contribution in [1.82, 2.24) is 9.88 Å². The predicted molar refractivity (Wildman–Crippen MR) is 142 cm³/mol. The van der Waals surface area contributed by atoms with E-state index in [2.05, 4.69) is 23.7 Å². The Morgan fingerprint density at radius 2 is 1.62 bits per heavy atom. The smallest absolute Gasteiger partial charge is 0.295 e. The summed E-state index contributed by atoms with van der Waals surface area (Å²) in [6.45, 7) is 6.02. The van der Waals surface area contributed by atoms with Gasteiger partial charge in [-0.25, -0.2) is 0 Å². The second-order valence-electron chi connectivity index (χ2n) is 8.59. The second-order valence-corrected chi connectivity index (χ2v) is 8.59. The summed E-state index contributed by atoms with van der Waals surface area (Å²) < 4.78 is 10.9. The molecular formula is C29H31N3O5. The van der Waals surface area contributed by atoms with Crippen LogP contribution in [0.25, 0.3) is 5.76 Å². The third-order valence-corrected chi connectivity index (χ3v) is 6.62. The third kappa shape index (κ3) is 4.87. The maximum atomic E-state index is 13.5. The Balaban J connectivity index is 1.90. The lowest BCUT2D eigenvalue weighted by Crippen LogP contribution is -2.29. The van der Waals surface area contributed by atoms with Crippen LogP contribution in [0.3, 0.4) is 0 Å². The van der Waals surface area contributed by atoms with Gasteiger partial charge in [-0.15, -0.1) is 0 Å². The summed E-state index contributed by atoms with van der Waals surface area (Å²) in [6, 6.07) is 15.6. The zero-order valence-electron chi connectivity index (χ0n) is 21.5. The van der Waals surface area contributed by atoms with Crippen LogP contribution in [0.2, 0.25) is 0 Å². The van der Waals surface area contributed by atoms with Gasteiger partial charge in [-0.3, -0.25) is 14.6 Å². The van der Waals surface area contributed by atoms with Crippen LogP contribution in [0.4, 0.5) is 5.69 Å². The normalized spacial score (nSPS) is 16.6. The summed E-state index contributed by atoms with van der Waals surface area (Å²) in [5.74, 6) is -1.17. The van der Waals surface area contributed by atoms with Gasteiger partial charge in [-0.2, -0.15) is 0 Å². The lowest BCUT2D eigenvalue weighted by molar-refractivity contribution is -0.140. The maximum absolute atomic E-state index is 13.5. The van der Waals surface area contributed by atoms with Crippen molar-refractivity contribution >= 4 is 23.1 Å². The number of ketones is 1. The molecule has 192 valence electrons. The van der Waals surface area contributed by atoms with Crippen molar-refractivity contribution < 1.29 is 24.2 Å². The Labute approximate surface area is 216 Å². The van der Waals surface area contributed by atoms with Crippen LogP contribution in [-0.4, -0.2) is 54.0 Å². The number of anilines is 1. The van der Waals surface area contributed by atoms with Crippen molar-refractivity contribution in [1.29, 1.82) is 0 Å². The molecular weight excluding hydrogens is 470 g/mol. The first kappa shape index (κ1) is 25.8. The first-order valence-electron chi connectivity index (χ1n) is 12.2. The van der Waals surface area contributed by atoms with Crippen LogP contribution in [0.1, 0.15) is 36.6 Å². The van der Waals surface area contributed by atoms with E-state index in [0.717, 1.165) is 24.3 Å². The lowest BCUT2D eigenvalue weighted by Gasteiger charge is -2.27. The topological polar surface area (TPSA) is 92.2 Å². The van der Waals surface area contributed by atoms with Gasteiger partial charge in [0.2, 0.25) is 0 Å². The number of pyridine rings is 1. The molecule has 0 radical (unpaired) electrons. The van der Waals surface area contributed by atoms with Crippen molar-refractivity contribution in [3.05, 3.63) is 89.3 Å². The number of benzene rings is 2. The second kappa shape index (κ2) is 11.2. The number of aliphatic hydroxyl groups excluding tert-OH is 1. The molecule has 1 atom stereocenters. The van der Waals surface area contributed by atoms with Crippen LogP contribution >= 0.6 is 0 Å². The minimum absolute atomic E-state index is 0.0210. The number of carbonyl (C=O) groups is 2. The molecule has 3 aromatic rings. The number of nitrogens with zero attached hydrogens (tertiary/aromatic N) is 3. The number of hydrogen-bond donors (Lipinski definition) is 1. The summed E-state index contributed by atoms with van der Waals surface area (Å²) >= 11 is 0. The van der Waals surface area contributed by atoms with Crippen LogP contribution < -0.4 is 14.4 Å². The number of likely N-dealkylation sites (tertiary alicyclic amines) is 1. The zero-order chi connectivity index (χ0) is 26.5. The van der Waals surface area contributed by atoms with Gasteiger partial charge in [-0.1, -0.05) is 24.3 Å². The van der Waals surface area contributed by atoms with Crippen molar-refractivity contribution in [2.75, 3.05) is 32.2 Å². The molecule has 8 heteroatoms. The van der Waals surface area contributed by atoms with Gasteiger partial charge < -0.3 is 24.4 Å². The molecule has 2 aromatic carbocycles. The van der Waals surface area contributed by atoms with Gasteiger partial charge >= 0.3 is 0 Å². The summed E-state index contributed by atoms with van der Waals surface area (Å²) in [5.41, 5.74) is 2.70. The average Bonchev–Trinajstić information content (AvgIpc) is 3.18. The minimum atomic E-state index is -0.819. The summed E-state index contributed by atoms with van der Waals surface area (Å²) in [5, 5.41) is 11.6. The number of aromatic nitrogens is 1. The van der Waals surface area contributed by atoms with E-state index in [0.29, 0.717) is 17.1 Å². The highest BCUT2D eigenvalue weighted by molar-refractivity contribution is 6.46. The molecule has 4 rings (SSSR count). The number of amides is 1.